The second kappa shape index (κ2) is 4.90. The van der Waals surface area contributed by atoms with Gasteiger partial charge in [-0.1, -0.05) is 12.1 Å². The third-order valence-electron chi connectivity index (χ3n) is 6.11. The van der Waals surface area contributed by atoms with Crippen molar-refractivity contribution < 1.29 is 13.6 Å². The first kappa shape index (κ1) is 15.5. The van der Waals surface area contributed by atoms with E-state index in [0.717, 1.165) is 29.7 Å². The number of alkyl halides is 2. The molecule has 5 rings (SSSR count). The van der Waals surface area contributed by atoms with Gasteiger partial charge in [0.1, 0.15) is 5.69 Å². The largest absolute Gasteiger partial charge is 0.323 e. The number of aromatic nitrogens is 2. The maximum atomic E-state index is 13.1. The summed E-state index contributed by atoms with van der Waals surface area (Å²) in [6.07, 6.45) is 0.586. The topological polar surface area (TPSA) is 85.3 Å². The molecule has 6 nitrogen and oxygen atoms in total. The van der Waals surface area contributed by atoms with E-state index in [1.54, 1.807) is 0 Å². The summed E-state index contributed by atoms with van der Waals surface area (Å²) in [5.74, 6) is 5.69. The molecule has 0 bridgehead atoms. The van der Waals surface area contributed by atoms with Gasteiger partial charge in [0.25, 0.3) is 12.3 Å². The van der Waals surface area contributed by atoms with E-state index in [0.29, 0.717) is 17.5 Å². The molecule has 0 aliphatic heterocycles. The van der Waals surface area contributed by atoms with Crippen LogP contribution in [0, 0.1) is 5.92 Å². The molecule has 3 atom stereocenters. The second-order valence-corrected chi connectivity index (χ2v) is 7.19. The molecule has 3 aliphatic carbocycles. The number of carbonyl (C=O) groups excluding carboxylic acids is 1. The van der Waals surface area contributed by atoms with E-state index in [2.05, 4.69) is 15.5 Å². The Morgan fingerprint density at radius 1 is 1.42 bits per heavy atom. The summed E-state index contributed by atoms with van der Waals surface area (Å²) in [4.78, 5) is 12.6. The Labute approximate surface area is 148 Å². The van der Waals surface area contributed by atoms with Crippen molar-refractivity contribution in [3.05, 3.63) is 46.8 Å². The third-order valence-corrected chi connectivity index (χ3v) is 6.11. The summed E-state index contributed by atoms with van der Waals surface area (Å²) in [6, 6.07) is 5.74. The summed E-state index contributed by atoms with van der Waals surface area (Å²) < 4.78 is 27.5. The molecule has 1 aromatic carbocycles. The van der Waals surface area contributed by atoms with E-state index in [-0.39, 0.29) is 11.0 Å². The van der Waals surface area contributed by atoms with Crippen LogP contribution in [0.2, 0.25) is 0 Å². The number of fused-ring (bicyclic) bond motifs is 2. The van der Waals surface area contributed by atoms with Crippen LogP contribution in [-0.4, -0.2) is 21.4 Å². The molecule has 1 heterocycles. The maximum Gasteiger partial charge on any atom is 0.282 e. The predicted octanol–water partition coefficient (Wildman–Crippen LogP) is 2.68. The highest BCUT2D eigenvalue weighted by Gasteiger charge is 2.76. The molecule has 3 unspecified atom stereocenters. The number of halogens is 2. The van der Waals surface area contributed by atoms with E-state index in [1.807, 2.05) is 18.2 Å². The molecule has 8 heteroatoms. The Morgan fingerprint density at radius 2 is 2.19 bits per heavy atom. The monoisotopic (exact) mass is 357 g/mol. The number of nitrogens with two attached hydrogens (primary N) is 1. The van der Waals surface area contributed by atoms with Gasteiger partial charge in [-0.2, -0.15) is 10.2 Å². The molecular weight excluding hydrogens is 340 g/mol. The summed E-state index contributed by atoms with van der Waals surface area (Å²) in [5.41, 5.74) is 3.34. The van der Waals surface area contributed by atoms with Crippen LogP contribution in [0.5, 0.6) is 0 Å². The number of nitrogens with zero attached hydrogens (tertiary/aromatic N) is 3. The van der Waals surface area contributed by atoms with Crippen LogP contribution in [0.3, 0.4) is 0 Å². The lowest BCUT2D eigenvalue weighted by Gasteiger charge is -2.39. The summed E-state index contributed by atoms with van der Waals surface area (Å²) >= 11 is 0. The number of aryl methyl sites for hydroxylation is 1. The van der Waals surface area contributed by atoms with Crippen molar-refractivity contribution in [2.24, 2.45) is 23.9 Å². The highest BCUT2D eigenvalue weighted by atomic mass is 19.3. The summed E-state index contributed by atoms with van der Waals surface area (Å²) in [7, 11) is 1.51. The van der Waals surface area contributed by atoms with Crippen molar-refractivity contribution in [2.75, 3.05) is 5.32 Å². The van der Waals surface area contributed by atoms with Gasteiger partial charge in [0.05, 0.1) is 16.7 Å². The van der Waals surface area contributed by atoms with Gasteiger partial charge in [0.15, 0.2) is 0 Å². The fourth-order valence-corrected chi connectivity index (χ4v) is 5.19. The van der Waals surface area contributed by atoms with Crippen LogP contribution < -0.4 is 11.2 Å². The number of anilines is 1. The molecule has 1 aromatic heterocycles. The van der Waals surface area contributed by atoms with Gasteiger partial charge in [0, 0.05) is 30.8 Å². The highest BCUT2D eigenvalue weighted by molar-refractivity contribution is 6.18. The molecule has 0 radical (unpaired) electrons. The average molecular weight is 357 g/mol. The SMILES string of the molecule is Cn1cc(C(=O)Nc2cccc3c2C2CCC4C(=NN)C342)c(C(F)F)n1. The van der Waals surface area contributed by atoms with Crippen molar-refractivity contribution in [3.63, 3.8) is 0 Å². The minimum Gasteiger partial charge on any atom is -0.323 e. The third kappa shape index (κ3) is 1.67. The van der Waals surface area contributed by atoms with Gasteiger partial charge in [-0.15, -0.1) is 0 Å². The molecule has 2 saturated carbocycles. The van der Waals surface area contributed by atoms with Gasteiger partial charge in [-0.05, 0) is 30.0 Å². The van der Waals surface area contributed by atoms with E-state index in [1.165, 1.54) is 17.9 Å². The van der Waals surface area contributed by atoms with E-state index in [4.69, 9.17) is 5.84 Å². The van der Waals surface area contributed by atoms with Crippen molar-refractivity contribution in [1.82, 2.24) is 9.78 Å². The fourth-order valence-electron chi connectivity index (χ4n) is 5.19. The van der Waals surface area contributed by atoms with Gasteiger partial charge >= 0.3 is 0 Å². The van der Waals surface area contributed by atoms with Gasteiger partial charge in [-0.25, -0.2) is 8.78 Å². The first-order chi connectivity index (χ1) is 12.5. The molecular formula is C18H17F2N5O. The van der Waals surface area contributed by atoms with Crippen LogP contribution in [0.15, 0.2) is 29.5 Å². The Morgan fingerprint density at radius 3 is 2.88 bits per heavy atom. The van der Waals surface area contributed by atoms with E-state index in [9.17, 15) is 13.6 Å². The molecule has 1 amide bonds. The number of hydrazone groups is 1. The number of carbonyl (C=O) groups is 1. The van der Waals surface area contributed by atoms with Crippen LogP contribution in [0.4, 0.5) is 14.5 Å². The molecule has 26 heavy (non-hydrogen) atoms. The molecule has 3 N–H and O–H groups in total. The van der Waals surface area contributed by atoms with E-state index >= 15 is 0 Å². The summed E-state index contributed by atoms with van der Waals surface area (Å²) in [6.45, 7) is 0. The van der Waals surface area contributed by atoms with E-state index < -0.39 is 18.0 Å². The quantitative estimate of drug-likeness (QED) is 0.654. The van der Waals surface area contributed by atoms with Crippen LogP contribution in [-0.2, 0) is 12.5 Å². The van der Waals surface area contributed by atoms with Crippen LogP contribution in [0.1, 0.15) is 52.4 Å². The van der Waals surface area contributed by atoms with Crippen LogP contribution in [0.25, 0.3) is 0 Å². The first-order valence-electron chi connectivity index (χ1n) is 8.54. The normalized spacial score (nSPS) is 29.2. The highest BCUT2D eigenvalue weighted by Crippen LogP contribution is 2.76. The van der Waals surface area contributed by atoms with Crippen molar-refractivity contribution in [3.8, 4) is 0 Å². The Hall–Kier alpha value is -2.77. The van der Waals surface area contributed by atoms with Gasteiger partial charge in [-0.3, -0.25) is 9.48 Å². The second-order valence-electron chi connectivity index (χ2n) is 7.19. The fraction of sp³-hybridized carbons (Fsp3) is 0.389. The molecule has 0 saturated heterocycles. The molecule has 1 spiro atoms. The lowest BCUT2D eigenvalue weighted by molar-refractivity contribution is 0.101. The first-order valence-corrected chi connectivity index (χ1v) is 8.54. The number of amides is 1. The smallest absolute Gasteiger partial charge is 0.282 e. The maximum absolute atomic E-state index is 13.1. The Balaban J connectivity index is 1.49. The summed E-state index contributed by atoms with van der Waals surface area (Å²) in [5, 5.41) is 10.5. The number of hydrogen-bond acceptors (Lipinski definition) is 4. The zero-order valence-corrected chi connectivity index (χ0v) is 14.0. The number of hydrogen-bond donors (Lipinski definition) is 2. The Kier molecular flexibility index (Phi) is 2.92. The number of rotatable bonds is 3. The lowest BCUT2D eigenvalue weighted by Crippen LogP contribution is -2.34. The molecule has 2 aromatic rings. The minimum absolute atomic E-state index is 0.0345. The molecule has 134 valence electrons. The number of nitrogens with one attached hydrogen (secondary N) is 1. The van der Waals surface area contributed by atoms with Gasteiger partial charge < -0.3 is 11.2 Å². The average Bonchev–Trinajstić information content (AvgIpc) is 2.93. The zero-order valence-electron chi connectivity index (χ0n) is 14.0. The van der Waals surface area contributed by atoms with Gasteiger partial charge in [0.2, 0.25) is 0 Å². The predicted molar refractivity (Wildman–Crippen MR) is 91.3 cm³/mol. The van der Waals surface area contributed by atoms with Crippen molar-refractivity contribution >= 4 is 17.3 Å². The number of benzene rings is 1. The minimum atomic E-state index is -2.80. The Bertz CT molecular complexity index is 982. The lowest BCUT2D eigenvalue weighted by atomic mass is 9.64. The molecule has 3 aliphatic rings. The van der Waals surface area contributed by atoms with Crippen molar-refractivity contribution in [2.45, 2.75) is 30.6 Å². The van der Waals surface area contributed by atoms with Crippen molar-refractivity contribution in [1.29, 1.82) is 0 Å². The molecule has 2 fully saturated rings. The standard InChI is InChI=1S/C18H17F2N5O/c1-25-7-8(14(24-25)16(19)20)17(26)22-12-4-2-3-9-13(12)10-5-6-11-15(23-21)18(9,10)11/h2-4,7,10-11,16H,5-6,21H2,1H3,(H,22,26). The zero-order chi connectivity index (χ0) is 18.2. The van der Waals surface area contributed by atoms with Crippen LogP contribution >= 0.6 is 0 Å².